The Morgan fingerprint density at radius 2 is 1.67 bits per heavy atom. The number of nitrogens with zero attached hydrogens (tertiary/aromatic N) is 1. The molecular formula is C20H16N2O5. The first-order valence-corrected chi connectivity index (χ1v) is 8.10. The highest BCUT2D eigenvalue weighted by molar-refractivity contribution is 6.39. The minimum Gasteiger partial charge on any atom is -0.478 e. The Kier molecular flexibility index (Phi) is 4.60. The highest BCUT2D eigenvalue weighted by atomic mass is 16.4. The van der Waals surface area contributed by atoms with Crippen LogP contribution >= 0.6 is 0 Å². The summed E-state index contributed by atoms with van der Waals surface area (Å²) in [6, 6.07) is 10.00. The zero-order valence-corrected chi connectivity index (χ0v) is 14.6. The molecule has 1 saturated heterocycles. The predicted molar refractivity (Wildman–Crippen MR) is 98.3 cm³/mol. The van der Waals surface area contributed by atoms with Crippen molar-refractivity contribution >= 4 is 35.6 Å². The van der Waals surface area contributed by atoms with Crippen LogP contribution in [0.1, 0.15) is 27.0 Å². The number of nitrogens with one attached hydrogen (secondary N) is 1. The zero-order valence-electron chi connectivity index (χ0n) is 14.6. The fourth-order valence-electron chi connectivity index (χ4n) is 2.65. The Labute approximate surface area is 154 Å². The zero-order chi connectivity index (χ0) is 19.7. The number of imide groups is 2. The number of urea groups is 1. The maximum atomic E-state index is 12.8. The molecule has 0 aliphatic carbocycles. The molecule has 27 heavy (non-hydrogen) atoms. The quantitative estimate of drug-likeness (QED) is 0.644. The largest absolute Gasteiger partial charge is 0.478 e. The highest BCUT2D eigenvalue weighted by Gasteiger charge is 2.36. The average Bonchev–Trinajstić information content (AvgIpc) is 2.62. The molecule has 1 fully saturated rings. The fourth-order valence-corrected chi connectivity index (χ4v) is 2.65. The van der Waals surface area contributed by atoms with Crippen molar-refractivity contribution in [3.05, 3.63) is 70.3 Å². The number of carboxylic acids is 1. The van der Waals surface area contributed by atoms with Crippen molar-refractivity contribution in [2.24, 2.45) is 0 Å². The number of amides is 4. The number of carbonyl (C=O) groups is 4. The van der Waals surface area contributed by atoms with Gasteiger partial charge in [0, 0.05) is 0 Å². The predicted octanol–water partition coefficient (Wildman–Crippen LogP) is 2.67. The number of aromatic carboxylic acids is 1. The number of carbonyl (C=O) groups excluding carboxylic acids is 3. The lowest BCUT2D eigenvalue weighted by atomic mass is 10.0. The van der Waals surface area contributed by atoms with Crippen molar-refractivity contribution in [1.82, 2.24) is 5.32 Å². The van der Waals surface area contributed by atoms with Gasteiger partial charge in [-0.05, 0) is 60.9 Å². The third kappa shape index (κ3) is 3.48. The molecule has 136 valence electrons. The van der Waals surface area contributed by atoms with Crippen molar-refractivity contribution in [3.8, 4) is 0 Å². The van der Waals surface area contributed by atoms with Crippen LogP contribution in [0.25, 0.3) is 6.08 Å². The lowest BCUT2D eigenvalue weighted by molar-refractivity contribution is -0.122. The summed E-state index contributed by atoms with van der Waals surface area (Å²) in [7, 11) is 0. The Balaban J connectivity index is 1.99. The van der Waals surface area contributed by atoms with Gasteiger partial charge in [-0.15, -0.1) is 0 Å². The number of benzene rings is 2. The minimum atomic E-state index is -1.08. The first-order valence-electron chi connectivity index (χ1n) is 8.10. The summed E-state index contributed by atoms with van der Waals surface area (Å²) in [4.78, 5) is 49.0. The minimum absolute atomic E-state index is 0.0866. The smallest absolute Gasteiger partial charge is 0.335 e. The van der Waals surface area contributed by atoms with Crippen LogP contribution in [0.2, 0.25) is 0 Å². The summed E-state index contributed by atoms with van der Waals surface area (Å²) in [6.45, 7) is 3.77. The molecule has 7 nitrogen and oxygen atoms in total. The Bertz CT molecular complexity index is 1010. The van der Waals surface area contributed by atoms with Crippen LogP contribution in [-0.4, -0.2) is 28.9 Å². The van der Waals surface area contributed by atoms with Crippen LogP contribution in [0.15, 0.2) is 48.0 Å². The highest BCUT2D eigenvalue weighted by Crippen LogP contribution is 2.24. The molecule has 2 aromatic rings. The van der Waals surface area contributed by atoms with E-state index in [1.807, 2.05) is 13.8 Å². The summed E-state index contributed by atoms with van der Waals surface area (Å²) >= 11 is 0. The van der Waals surface area contributed by atoms with Crippen molar-refractivity contribution in [2.45, 2.75) is 13.8 Å². The van der Waals surface area contributed by atoms with Crippen LogP contribution in [0.3, 0.4) is 0 Å². The summed E-state index contributed by atoms with van der Waals surface area (Å²) in [6.07, 6.45) is 1.32. The first-order chi connectivity index (χ1) is 12.8. The molecule has 0 atom stereocenters. The standard InChI is InChI=1S/C20H16N2O5/c1-11-3-8-15(9-12(11)2)22-18(24)16(17(23)21-20(22)27)10-13-4-6-14(7-5-13)19(25)26/h3-10H,1-2H3,(H,25,26)(H,21,23,27)/b16-10+. The second-order valence-electron chi connectivity index (χ2n) is 6.15. The number of hydrogen-bond donors (Lipinski definition) is 2. The van der Waals surface area contributed by atoms with Gasteiger partial charge in [-0.1, -0.05) is 18.2 Å². The average molecular weight is 364 g/mol. The van der Waals surface area contributed by atoms with Gasteiger partial charge < -0.3 is 5.11 Å². The van der Waals surface area contributed by atoms with Crippen molar-refractivity contribution < 1.29 is 24.3 Å². The van der Waals surface area contributed by atoms with Crippen LogP contribution in [-0.2, 0) is 9.59 Å². The normalized spacial score (nSPS) is 15.9. The van der Waals surface area contributed by atoms with Gasteiger partial charge in [0.2, 0.25) is 0 Å². The Morgan fingerprint density at radius 3 is 2.26 bits per heavy atom. The molecule has 1 aliphatic heterocycles. The van der Waals surface area contributed by atoms with E-state index in [2.05, 4.69) is 5.32 Å². The summed E-state index contributed by atoms with van der Waals surface area (Å²) in [5.74, 6) is -2.62. The van der Waals surface area contributed by atoms with Crippen molar-refractivity contribution in [3.63, 3.8) is 0 Å². The number of anilines is 1. The van der Waals surface area contributed by atoms with Gasteiger partial charge in [0.15, 0.2) is 0 Å². The summed E-state index contributed by atoms with van der Waals surface area (Å²) in [5, 5.41) is 11.1. The van der Waals surface area contributed by atoms with E-state index in [0.717, 1.165) is 16.0 Å². The number of aryl methyl sites for hydroxylation is 2. The van der Waals surface area contributed by atoms with E-state index < -0.39 is 23.8 Å². The molecule has 3 rings (SSSR count). The molecule has 0 aromatic heterocycles. The molecule has 1 heterocycles. The molecule has 2 aromatic carbocycles. The van der Waals surface area contributed by atoms with Crippen LogP contribution in [0.5, 0.6) is 0 Å². The third-order valence-electron chi connectivity index (χ3n) is 4.32. The second-order valence-corrected chi connectivity index (χ2v) is 6.15. The first kappa shape index (κ1) is 18.1. The van der Waals surface area contributed by atoms with E-state index in [0.29, 0.717) is 11.3 Å². The van der Waals surface area contributed by atoms with Gasteiger partial charge >= 0.3 is 12.0 Å². The number of carboxylic acid groups (broad SMARTS) is 1. The molecule has 0 spiro atoms. The molecular weight excluding hydrogens is 348 g/mol. The van der Waals surface area contributed by atoms with E-state index in [1.165, 1.54) is 30.3 Å². The molecule has 7 heteroatoms. The van der Waals surface area contributed by atoms with Crippen LogP contribution < -0.4 is 10.2 Å². The summed E-state index contributed by atoms with van der Waals surface area (Å²) in [5.41, 5.74) is 2.61. The van der Waals surface area contributed by atoms with Gasteiger partial charge in [-0.25, -0.2) is 14.5 Å². The van der Waals surface area contributed by atoms with Gasteiger partial charge in [0.05, 0.1) is 11.3 Å². The van der Waals surface area contributed by atoms with E-state index in [1.54, 1.807) is 18.2 Å². The molecule has 0 saturated carbocycles. The fraction of sp³-hybridized carbons (Fsp3) is 0.100. The monoisotopic (exact) mass is 364 g/mol. The maximum Gasteiger partial charge on any atom is 0.335 e. The lowest BCUT2D eigenvalue weighted by Crippen LogP contribution is -2.54. The lowest BCUT2D eigenvalue weighted by Gasteiger charge is -2.26. The van der Waals surface area contributed by atoms with Gasteiger partial charge in [0.1, 0.15) is 5.57 Å². The number of barbiturate groups is 1. The SMILES string of the molecule is Cc1ccc(N2C(=O)NC(=O)/C(=C\c3ccc(C(=O)O)cc3)C2=O)cc1C. The second kappa shape index (κ2) is 6.87. The van der Waals surface area contributed by atoms with Crippen molar-refractivity contribution in [2.75, 3.05) is 4.90 Å². The Hall–Kier alpha value is -3.74. The molecule has 0 unspecified atom stereocenters. The van der Waals surface area contributed by atoms with Gasteiger partial charge in [0.25, 0.3) is 11.8 Å². The van der Waals surface area contributed by atoms with E-state index in [4.69, 9.17) is 5.11 Å². The summed E-state index contributed by atoms with van der Waals surface area (Å²) < 4.78 is 0. The van der Waals surface area contributed by atoms with Crippen LogP contribution in [0.4, 0.5) is 10.5 Å². The molecule has 0 radical (unpaired) electrons. The van der Waals surface area contributed by atoms with Crippen molar-refractivity contribution in [1.29, 1.82) is 0 Å². The maximum absolute atomic E-state index is 12.8. The molecule has 1 aliphatic rings. The van der Waals surface area contributed by atoms with E-state index >= 15 is 0 Å². The molecule has 2 N–H and O–H groups in total. The van der Waals surface area contributed by atoms with Gasteiger partial charge in [-0.2, -0.15) is 0 Å². The van der Waals surface area contributed by atoms with Crippen LogP contribution in [0, 0.1) is 13.8 Å². The Morgan fingerprint density at radius 1 is 1.00 bits per heavy atom. The van der Waals surface area contributed by atoms with E-state index in [-0.39, 0.29) is 11.1 Å². The van der Waals surface area contributed by atoms with E-state index in [9.17, 15) is 19.2 Å². The third-order valence-corrected chi connectivity index (χ3v) is 4.32. The van der Waals surface area contributed by atoms with Gasteiger partial charge in [-0.3, -0.25) is 14.9 Å². The topological polar surface area (TPSA) is 104 Å². The number of rotatable bonds is 3. The number of hydrogen-bond acceptors (Lipinski definition) is 4. The molecule has 0 bridgehead atoms. The molecule has 4 amide bonds.